The number of methoxy groups -OCH3 is 1. The van der Waals surface area contributed by atoms with Gasteiger partial charge in [-0.1, -0.05) is 12.1 Å². The summed E-state index contributed by atoms with van der Waals surface area (Å²) in [7, 11) is 3.59. The molecule has 3 nitrogen and oxygen atoms in total. The summed E-state index contributed by atoms with van der Waals surface area (Å²) in [5.74, 6) is 3.05. The second-order valence-electron chi connectivity index (χ2n) is 4.74. The Morgan fingerprint density at radius 3 is 3.11 bits per heavy atom. The molecular weight excluding hydrogens is 246 g/mol. The number of hydrogen-bond acceptors (Lipinski definition) is 4. The van der Waals surface area contributed by atoms with Gasteiger partial charge in [-0.25, -0.2) is 0 Å². The van der Waals surface area contributed by atoms with Gasteiger partial charge in [0.05, 0.1) is 12.7 Å². The summed E-state index contributed by atoms with van der Waals surface area (Å²) >= 11 is 1.92. The van der Waals surface area contributed by atoms with Gasteiger partial charge in [0.25, 0.3) is 0 Å². The van der Waals surface area contributed by atoms with E-state index in [2.05, 4.69) is 5.32 Å². The zero-order valence-corrected chi connectivity index (χ0v) is 11.8. The molecule has 0 aliphatic carbocycles. The number of aliphatic hydroxyl groups is 1. The SMILES string of the molecule is CNCC1CSCCC1(O)c1cccc(OC)c1. The first-order valence-corrected chi connectivity index (χ1v) is 7.45. The molecule has 1 saturated heterocycles. The van der Waals surface area contributed by atoms with E-state index in [1.807, 2.05) is 43.1 Å². The Hall–Kier alpha value is -0.710. The third kappa shape index (κ3) is 2.66. The fourth-order valence-corrected chi connectivity index (χ4v) is 3.84. The van der Waals surface area contributed by atoms with Crippen LogP contribution in [0.3, 0.4) is 0 Å². The molecule has 2 atom stereocenters. The van der Waals surface area contributed by atoms with E-state index in [-0.39, 0.29) is 5.92 Å². The fraction of sp³-hybridized carbons (Fsp3) is 0.571. The van der Waals surface area contributed by atoms with Gasteiger partial charge in [0.1, 0.15) is 5.75 Å². The molecule has 2 N–H and O–H groups in total. The van der Waals surface area contributed by atoms with E-state index in [0.29, 0.717) is 0 Å². The van der Waals surface area contributed by atoms with Crippen molar-refractivity contribution >= 4 is 11.8 Å². The van der Waals surface area contributed by atoms with Gasteiger partial charge in [0, 0.05) is 18.2 Å². The predicted molar refractivity (Wildman–Crippen MR) is 76.2 cm³/mol. The number of ether oxygens (including phenoxy) is 1. The Morgan fingerprint density at radius 1 is 1.56 bits per heavy atom. The van der Waals surface area contributed by atoms with Crippen LogP contribution in [-0.4, -0.2) is 37.3 Å². The second kappa shape index (κ2) is 5.95. The summed E-state index contributed by atoms with van der Waals surface area (Å²) in [6, 6.07) is 7.82. The lowest BCUT2D eigenvalue weighted by Gasteiger charge is -2.40. The third-order valence-corrected chi connectivity index (χ3v) is 4.77. The van der Waals surface area contributed by atoms with Crippen LogP contribution >= 0.6 is 11.8 Å². The standard InChI is InChI=1S/C14H21NO2S/c1-15-9-12-10-18-7-6-14(12,16)11-4-3-5-13(8-11)17-2/h3-5,8,12,15-16H,6-7,9-10H2,1-2H3. The molecule has 100 valence electrons. The molecular formula is C14H21NO2S. The van der Waals surface area contributed by atoms with E-state index < -0.39 is 5.60 Å². The van der Waals surface area contributed by atoms with Crippen LogP contribution in [0.5, 0.6) is 5.75 Å². The number of benzene rings is 1. The summed E-state index contributed by atoms with van der Waals surface area (Å²) < 4.78 is 5.25. The molecule has 2 unspecified atom stereocenters. The first-order valence-electron chi connectivity index (χ1n) is 6.30. The van der Waals surface area contributed by atoms with Gasteiger partial charge in [0.15, 0.2) is 0 Å². The molecule has 0 spiro atoms. The average Bonchev–Trinajstić information content (AvgIpc) is 2.42. The highest BCUT2D eigenvalue weighted by Crippen LogP contribution is 2.40. The van der Waals surface area contributed by atoms with Gasteiger partial charge >= 0.3 is 0 Å². The molecule has 1 aromatic rings. The van der Waals surface area contributed by atoms with Crippen LogP contribution in [0.15, 0.2) is 24.3 Å². The minimum absolute atomic E-state index is 0.244. The Balaban J connectivity index is 2.30. The van der Waals surface area contributed by atoms with Gasteiger partial charge in [-0.3, -0.25) is 0 Å². The van der Waals surface area contributed by atoms with Crippen LogP contribution in [0.4, 0.5) is 0 Å². The molecule has 0 saturated carbocycles. The first-order chi connectivity index (χ1) is 8.70. The summed E-state index contributed by atoms with van der Waals surface area (Å²) in [6.07, 6.45) is 0.803. The normalized spacial score (nSPS) is 28.1. The molecule has 2 rings (SSSR count). The van der Waals surface area contributed by atoms with Gasteiger partial charge in [-0.05, 0) is 36.9 Å². The van der Waals surface area contributed by atoms with E-state index in [1.54, 1.807) is 7.11 Å². The molecule has 0 amide bonds. The van der Waals surface area contributed by atoms with Crippen molar-refractivity contribution in [2.24, 2.45) is 5.92 Å². The predicted octanol–water partition coefficient (Wildman–Crippen LogP) is 1.86. The van der Waals surface area contributed by atoms with Gasteiger partial charge in [0.2, 0.25) is 0 Å². The summed E-state index contributed by atoms with van der Waals surface area (Å²) in [6.45, 7) is 0.834. The van der Waals surface area contributed by atoms with Crippen molar-refractivity contribution in [3.63, 3.8) is 0 Å². The lowest BCUT2D eigenvalue weighted by Crippen LogP contribution is -2.44. The number of rotatable bonds is 4. The molecule has 4 heteroatoms. The fourth-order valence-electron chi connectivity index (χ4n) is 2.54. The quantitative estimate of drug-likeness (QED) is 0.873. The highest BCUT2D eigenvalue weighted by molar-refractivity contribution is 7.99. The van der Waals surface area contributed by atoms with Crippen LogP contribution in [0, 0.1) is 5.92 Å². The lowest BCUT2D eigenvalue weighted by molar-refractivity contribution is -0.0203. The summed E-state index contributed by atoms with van der Waals surface area (Å²) in [4.78, 5) is 0. The van der Waals surface area contributed by atoms with Gasteiger partial charge in [-0.15, -0.1) is 0 Å². The van der Waals surface area contributed by atoms with E-state index >= 15 is 0 Å². The maximum atomic E-state index is 11.0. The molecule has 1 aliphatic rings. The highest BCUT2D eigenvalue weighted by Gasteiger charge is 2.40. The Labute approximate surface area is 113 Å². The first kappa shape index (κ1) is 13.7. The summed E-state index contributed by atoms with van der Waals surface area (Å²) in [5.41, 5.74) is 0.241. The minimum Gasteiger partial charge on any atom is -0.497 e. The largest absolute Gasteiger partial charge is 0.497 e. The number of hydrogen-bond donors (Lipinski definition) is 2. The van der Waals surface area contributed by atoms with E-state index in [1.165, 1.54) is 0 Å². The smallest absolute Gasteiger partial charge is 0.119 e. The van der Waals surface area contributed by atoms with Crippen molar-refractivity contribution in [3.8, 4) is 5.75 Å². The van der Waals surface area contributed by atoms with E-state index in [4.69, 9.17) is 4.74 Å². The van der Waals surface area contributed by atoms with Crippen LogP contribution in [-0.2, 0) is 5.60 Å². The van der Waals surface area contributed by atoms with Gasteiger partial charge in [-0.2, -0.15) is 11.8 Å². The Bertz CT molecular complexity index is 397. The van der Waals surface area contributed by atoms with Crippen molar-refractivity contribution in [3.05, 3.63) is 29.8 Å². The molecule has 0 bridgehead atoms. The highest BCUT2D eigenvalue weighted by atomic mass is 32.2. The van der Waals surface area contributed by atoms with Gasteiger partial charge < -0.3 is 15.2 Å². The zero-order valence-electron chi connectivity index (χ0n) is 11.0. The number of nitrogens with one attached hydrogen (secondary N) is 1. The molecule has 18 heavy (non-hydrogen) atoms. The van der Waals surface area contributed by atoms with Crippen molar-refractivity contribution in [2.45, 2.75) is 12.0 Å². The van der Waals surface area contributed by atoms with E-state index in [9.17, 15) is 5.11 Å². The van der Waals surface area contributed by atoms with Crippen LogP contribution in [0.1, 0.15) is 12.0 Å². The minimum atomic E-state index is -0.733. The topological polar surface area (TPSA) is 41.5 Å². The van der Waals surface area contributed by atoms with Crippen LogP contribution in [0.2, 0.25) is 0 Å². The maximum absolute atomic E-state index is 11.0. The van der Waals surface area contributed by atoms with Crippen molar-refractivity contribution in [1.29, 1.82) is 0 Å². The molecule has 1 heterocycles. The van der Waals surface area contributed by atoms with Crippen molar-refractivity contribution in [1.82, 2.24) is 5.32 Å². The van der Waals surface area contributed by atoms with Crippen LogP contribution < -0.4 is 10.1 Å². The Kier molecular flexibility index (Phi) is 4.54. The number of thioether (sulfide) groups is 1. The zero-order chi connectivity index (χ0) is 13.0. The Morgan fingerprint density at radius 2 is 2.39 bits per heavy atom. The molecule has 0 aromatic heterocycles. The molecule has 0 radical (unpaired) electrons. The van der Waals surface area contributed by atoms with Crippen molar-refractivity contribution in [2.75, 3.05) is 32.2 Å². The van der Waals surface area contributed by atoms with Crippen LogP contribution in [0.25, 0.3) is 0 Å². The maximum Gasteiger partial charge on any atom is 0.119 e. The lowest BCUT2D eigenvalue weighted by atomic mass is 9.79. The summed E-state index contributed by atoms with van der Waals surface area (Å²) in [5, 5.41) is 14.2. The monoisotopic (exact) mass is 267 g/mol. The molecule has 1 aromatic carbocycles. The molecule has 1 aliphatic heterocycles. The van der Waals surface area contributed by atoms with E-state index in [0.717, 1.165) is 35.8 Å². The molecule has 1 fully saturated rings. The second-order valence-corrected chi connectivity index (χ2v) is 5.89. The third-order valence-electron chi connectivity index (χ3n) is 3.64. The van der Waals surface area contributed by atoms with Crippen molar-refractivity contribution < 1.29 is 9.84 Å². The average molecular weight is 267 g/mol.